The molecule has 1 aliphatic rings. The van der Waals surface area contributed by atoms with Crippen LogP contribution in [0.2, 0.25) is 0 Å². The number of benzene rings is 2. The van der Waals surface area contributed by atoms with E-state index in [1.807, 2.05) is 0 Å². The first-order valence-electron chi connectivity index (χ1n) is 8.83. The molecule has 8 nitrogen and oxygen atoms in total. The number of hydrogen-bond donors (Lipinski definition) is 3. The van der Waals surface area contributed by atoms with Crippen molar-refractivity contribution in [2.45, 2.75) is 0 Å². The van der Waals surface area contributed by atoms with Crippen LogP contribution in [0.1, 0.15) is 11.1 Å². The molecule has 2 aromatic carbocycles. The fourth-order valence-corrected chi connectivity index (χ4v) is 3.26. The molecule has 4 rings (SSSR count). The molecule has 2 heterocycles. The molecule has 1 aliphatic heterocycles. The van der Waals surface area contributed by atoms with Crippen LogP contribution in [0.15, 0.2) is 64.0 Å². The Bertz CT molecular complexity index is 1250. The van der Waals surface area contributed by atoms with Crippen molar-refractivity contribution in [3.63, 3.8) is 0 Å². The van der Waals surface area contributed by atoms with Crippen molar-refractivity contribution in [2.24, 2.45) is 12.1 Å². The van der Waals surface area contributed by atoms with Gasteiger partial charge < -0.3 is 10.2 Å². The molecule has 0 fully saturated rings. The smallest absolute Gasteiger partial charge is 0.276 e. The monoisotopic (exact) mass is 390 g/mol. The zero-order chi connectivity index (χ0) is 20.7. The zero-order valence-electron chi connectivity index (χ0n) is 15.7. The molecule has 0 saturated carbocycles. The third-order valence-electron chi connectivity index (χ3n) is 4.73. The minimum absolute atomic E-state index is 0.00143. The van der Waals surface area contributed by atoms with E-state index in [1.165, 1.54) is 29.9 Å². The van der Waals surface area contributed by atoms with Crippen LogP contribution in [0.5, 0.6) is 11.5 Å². The average Bonchev–Trinajstić information content (AvgIpc) is 3.14. The summed E-state index contributed by atoms with van der Waals surface area (Å²) in [6.45, 7) is 0. The fourth-order valence-electron chi connectivity index (χ4n) is 3.26. The van der Waals surface area contributed by atoms with E-state index in [1.54, 1.807) is 43.4 Å². The number of amides is 1. The number of aryl methyl sites for hydroxylation is 1. The average molecular weight is 390 g/mol. The van der Waals surface area contributed by atoms with Crippen LogP contribution >= 0.6 is 0 Å². The number of carbonyl (C=O) groups excluding carboxylic acids is 1. The SMILES string of the molecule is CN1N=C(c2ccccc2O)C(=Cc2c(-c3ccccc3O)[nH]n(C)c2=O)C1=O. The number of phenols is 2. The van der Waals surface area contributed by atoms with E-state index in [4.69, 9.17) is 0 Å². The van der Waals surface area contributed by atoms with Crippen molar-refractivity contribution >= 4 is 17.7 Å². The third-order valence-corrected chi connectivity index (χ3v) is 4.73. The van der Waals surface area contributed by atoms with E-state index in [-0.39, 0.29) is 33.9 Å². The quantitative estimate of drug-likeness (QED) is 0.595. The molecular weight excluding hydrogens is 372 g/mol. The van der Waals surface area contributed by atoms with Gasteiger partial charge in [-0.25, -0.2) is 5.01 Å². The number of carbonyl (C=O) groups is 1. The zero-order valence-corrected chi connectivity index (χ0v) is 15.7. The predicted molar refractivity (Wildman–Crippen MR) is 109 cm³/mol. The number of rotatable bonds is 3. The lowest BCUT2D eigenvalue weighted by molar-refractivity contribution is -0.124. The number of nitrogens with one attached hydrogen (secondary N) is 1. The van der Waals surface area contributed by atoms with Crippen LogP contribution < -0.4 is 5.56 Å². The van der Waals surface area contributed by atoms with Crippen LogP contribution in [0.3, 0.4) is 0 Å². The number of hydrazone groups is 1. The fraction of sp³-hybridized carbons (Fsp3) is 0.0952. The molecule has 0 aliphatic carbocycles. The number of aromatic hydroxyl groups is 2. The molecular formula is C21H18N4O4. The molecule has 1 aromatic heterocycles. The topological polar surface area (TPSA) is 111 Å². The lowest BCUT2D eigenvalue weighted by Crippen LogP contribution is -2.18. The Morgan fingerprint density at radius 1 is 0.931 bits per heavy atom. The van der Waals surface area contributed by atoms with E-state index in [0.717, 1.165) is 5.01 Å². The number of nitrogens with zero attached hydrogens (tertiary/aromatic N) is 3. The summed E-state index contributed by atoms with van der Waals surface area (Å²) < 4.78 is 1.27. The van der Waals surface area contributed by atoms with Crippen LogP contribution in [-0.4, -0.2) is 43.7 Å². The second-order valence-electron chi connectivity index (χ2n) is 6.63. The first-order chi connectivity index (χ1) is 13.9. The van der Waals surface area contributed by atoms with Gasteiger partial charge in [0.05, 0.1) is 16.8 Å². The van der Waals surface area contributed by atoms with Crippen LogP contribution in [0.25, 0.3) is 17.3 Å². The van der Waals surface area contributed by atoms with Gasteiger partial charge >= 0.3 is 0 Å². The lowest BCUT2D eigenvalue weighted by Gasteiger charge is -2.06. The van der Waals surface area contributed by atoms with Gasteiger partial charge in [0, 0.05) is 25.2 Å². The van der Waals surface area contributed by atoms with Gasteiger partial charge in [0.25, 0.3) is 11.5 Å². The summed E-state index contributed by atoms with van der Waals surface area (Å²) in [7, 11) is 3.05. The molecule has 0 unspecified atom stereocenters. The summed E-state index contributed by atoms with van der Waals surface area (Å²) in [6, 6.07) is 13.1. The minimum atomic E-state index is -0.408. The summed E-state index contributed by atoms with van der Waals surface area (Å²) in [5, 5.41) is 28.8. The molecule has 29 heavy (non-hydrogen) atoms. The third kappa shape index (κ3) is 3.00. The normalized spacial score (nSPS) is 15.2. The number of likely N-dealkylation sites (N-methyl/N-ethyl adjacent to an activating group) is 1. The van der Waals surface area contributed by atoms with Crippen LogP contribution in [0.4, 0.5) is 0 Å². The molecule has 0 atom stereocenters. The Morgan fingerprint density at radius 2 is 1.52 bits per heavy atom. The minimum Gasteiger partial charge on any atom is -0.507 e. The second-order valence-corrected chi connectivity index (χ2v) is 6.63. The summed E-state index contributed by atoms with van der Waals surface area (Å²) in [5.41, 5.74) is 1.46. The van der Waals surface area contributed by atoms with Gasteiger partial charge in [-0.2, -0.15) is 5.10 Å². The number of para-hydroxylation sites is 2. The highest BCUT2D eigenvalue weighted by molar-refractivity contribution is 6.33. The van der Waals surface area contributed by atoms with E-state index >= 15 is 0 Å². The maximum absolute atomic E-state index is 12.8. The van der Waals surface area contributed by atoms with Gasteiger partial charge in [-0.1, -0.05) is 24.3 Å². The van der Waals surface area contributed by atoms with Gasteiger partial charge in [0.2, 0.25) is 0 Å². The first kappa shape index (κ1) is 18.3. The standard InChI is InChI=1S/C21H18N4O4/c1-24-20(28)14(18(22-24)12-7-3-5-9-16(12)26)11-15-19(23-25(2)21(15)29)13-8-4-6-10-17(13)27/h3-11,22,26-27H,1-2H3. The molecule has 3 aromatic rings. The Kier molecular flexibility index (Phi) is 4.31. The van der Waals surface area contributed by atoms with E-state index in [0.29, 0.717) is 16.8 Å². The van der Waals surface area contributed by atoms with Gasteiger partial charge in [0.15, 0.2) is 0 Å². The van der Waals surface area contributed by atoms with Crippen LogP contribution in [0, 0.1) is 0 Å². The summed E-state index contributed by atoms with van der Waals surface area (Å²) in [6.07, 6.45) is 1.44. The van der Waals surface area contributed by atoms with Gasteiger partial charge in [0.1, 0.15) is 17.2 Å². The number of aromatic amines is 1. The largest absolute Gasteiger partial charge is 0.507 e. The Labute approximate surface area is 165 Å². The molecule has 0 radical (unpaired) electrons. The van der Waals surface area contributed by atoms with E-state index < -0.39 is 5.91 Å². The van der Waals surface area contributed by atoms with Crippen LogP contribution in [-0.2, 0) is 11.8 Å². The van der Waals surface area contributed by atoms with Crippen molar-refractivity contribution < 1.29 is 15.0 Å². The molecule has 0 spiro atoms. The maximum atomic E-state index is 12.8. The van der Waals surface area contributed by atoms with Crippen molar-refractivity contribution in [1.29, 1.82) is 0 Å². The second kappa shape index (κ2) is 6.83. The summed E-state index contributed by atoms with van der Waals surface area (Å²) >= 11 is 0. The predicted octanol–water partition coefficient (Wildman–Crippen LogP) is 2.05. The maximum Gasteiger partial charge on any atom is 0.276 e. The number of phenolic OH excluding ortho intramolecular Hbond substituents is 2. The van der Waals surface area contributed by atoms with Gasteiger partial charge in [-0.05, 0) is 30.3 Å². The number of hydrogen-bond acceptors (Lipinski definition) is 5. The Hall–Kier alpha value is -4.07. The van der Waals surface area contributed by atoms with E-state index in [2.05, 4.69) is 10.2 Å². The van der Waals surface area contributed by atoms with Crippen molar-refractivity contribution in [2.75, 3.05) is 7.05 Å². The highest BCUT2D eigenvalue weighted by atomic mass is 16.3. The van der Waals surface area contributed by atoms with Crippen molar-refractivity contribution in [3.8, 4) is 22.8 Å². The van der Waals surface area contributed by atoms with Crippen molar-refractivity contribution in [1.82, 2.24) is 14.8 Å². The molecule has 0 saturated heterocycles. The van der Waals surface area contributed by atoms with Crippen molar-refractivity contribution in [3.05, 3.63) is 75.6 Å². The first-order valence-corrected chi connectivity index (χ1v) is 8.83. The number of H-pyrrole nitrogens is 1. The molecule has 0 bridgehead atoms. The van der Waals surface area contributed by atoms with Gasteiger partial charge in [-0.3, -0.25) is 19.4 Å². The highest BCUT2D eigenvalue weighted by Crippen LogP contribution is 2.32. The summed E-state index contributed by atoms with van der Waals surface area (Å²) in [4.78, 5) is 25.5. The molecule has 1 amide bonds. The number of aromatic nitrogens is 2. The Balaban J connectivity index is 1.93. The highest BCUT2D eigenvalue weighted by Gasteiger charge is 2.31. The van der Waals surface area contributed by atoms with E-state index in [9.17, 15) is 19.8 Å². The Morgan fingerprint density at radius 3 is 2.14 bits per heavy atom. The molecule has 8 heteroatoms. The lowest BCUT2D eigenvalue weighted by atomic mass is 9.98. The molecule has 146 valence electrons. The molecule has 3 N–H and O–H groups in total. The summed E-state index contributed by atoms with van der Waals surface area (Å²) in [5.74, 6) is -0.434. The van der Waals surface area contributed by atoms with Gasteiger partial charge in [-0.15, -0.1) is 0 Å².